The second-order valence-electron chi connectivity index (χ2n) is 2.81. The van der Waals surface area contributed by atoms with Crippen molar-refractivity contribution in [3.63, 3.8) is 0 Å². The standard InChI is InChI=1S/C10H13NO/c1-3-9(12)8-6-4-5-7(2)10(8)11/h4-6H,3,11H2,1-2H3. The van der Waals surface area contributed by atoms with E-state index in [4.69, 9.17) is 5.73 Å². The maximum absolute atomic E-state index is 11.3. The molecule has 2 N–H and O–H groups in total. The Morgan fingerprint density at radius 1 is 1.50 bits per heavy atom. The lowest BCUT2D eigenvalue weighted by Gasteiger charge is -2.04. The van der Waals surface area contributed by atoms with Crippen molar-refractivity contribution in [3.05, 3.63) is 29.3 Å². The highest BCUT2D eigenvalue weighted by atomic mass is 16.1. The van der Waals surface area contributed by atoms with E-state index < -0.39 is 0 Å². The van der Waals surface area contributed by atoms with E-state index in [9.17, 15) is 4.79 Å². The largest absolute Gasteiger partial charge is 0.398 e. The molecule has 12 heavy (non-hydrogen) atoms. The molecule has 0 amide bonds. The Hall–Kier alpha value is -1.31. The molecule has 0 aliphatic heterocycles. The molecule has 64 valence electrons. The Balaban J connectivity index is 3.16. The first kappa shape index (κ1) is 8.78. The van der Waals surface area contributed by atoms with E-state index in [1.807, 2.05) is 26.0 Å². The minimum atomic E-state index is 0.108. The Morgan fingerprint density at radius 3 is 2.75 bits per heavy atom. The number of hydrogen-bond acceptors (Lipinski definition) is 2. The van der Waals surface area contributed by atoms with Crippen LogP contribution in [0.3, 0.4) is 0 Å². The van der Waals surface area contributed by atoms with E-state index in [1.54, 1.807) is 6.07 Å². The summed E-state index contributed by atoms with van der Waals surface area (Å²) in [6.45, 7) is 3.74. The Morgan fingerprint density at radius 2 is 2.17 bits per heavy atom. The van der Waals surface area contributed by atoms with Crippen LogP contribution < -0.4 is 5.73 Å². The Kier molecular flexibility index (Phi) is 2.48. The first-order chi connectivity index (χ1) is 5.66. The quantitative estimate of drug-likeness (QED) is 0.536. The van der Waals surface area contributed by atoms with Crippen molar-refractivity contribution in [3.8, 4) is 0 Å². The van der Waals surface area contributed by atoms with Crippen LogP contribution in [0.1, 0.15) is 29.3 Å². The number of carbonyl (C=O) groups excluding carboxylic acids is 1. The zero-order valence-corrected chi connectivity index (χ0v) is 7.42. The first-order valence-corrected chi connectivity index (χ1v) is 4.05. The fraction of sp³-hybridized carbons (Fsp3) is 0.300. The predicted octanol–water partition coefficient (Wildman–Crippen LogP) is 2.17. The van der Waals surface area contributed by atoms with E-state index in [0.717, 1.165) is 5.56 Å². The molecule has 0 bridgehead atoms. The van der Waals surface area contributed by atoms with Gasteiger partial charge in [-0.1, -0.05) is 19.1 Å². The number of hydrogen-bond donors (Lipinski definition) is 1. The average molecular weight is 163 g/mol. The lowest BCUT2D eigenvalue weighted by Crippen LogP contribution is -2.03. The van der Waals surface area contributed by atoms with E-state index in [0.29, 0.717) is 17.7 Å². The Labute approximate surface area is 72.4 Å². The van der Waals surface area contributed by atoms with Gasteiger partial charge in [-0.25, -0.2) is 0 Å². The molecule has 0 saturated carbocycles. The second-order valence-corrected chi connectivity index (χ2v) is 2.81. The summed E-state index contributed by atoms with van der Waals surface area (Å²) in [6.07, 6.45) is 0.508. The zero-order chi connectivity index (χ0) is 9.14. The van der Waals surface area contributed by atoms with Crippen molar-refractivity contribution >= 4 is 11.5 Å². The predicted molar refractivity (Wildman–Crippen MR) is 50.2 cm³/mol. The van der Waals surface area contributed by atoms with Gasteiger partial charge in [0.05, 0.1) is 0 Å². The molecule has 0 radical (unpaired) electrons. The third kappa shape index (κ3) is 1.47. The molecule has 2 nitrogen and oxygen atoms in total. The van der Waals surface area contributed by atoms with Gasteiger partial charge in [0.2, 0.25) is 0 Å². The SMILES string of the molecule is CCC(=O)c1cccc(C)c1N. The summed E-state index contributed by atoms with van der Waals surface area (Å²) < 4.78 is 0. The molecular formula is C10H13NO. The number of aryl methyl sites for hydroxylation is 1. The molecule has 0 fully saturated rings. The molecule has 1 rings (SSSR count). The molecule has 1 aromatic carbocycles. The smallest absolute Gasteiger partial charge is 0.164 e. The molecule has 0 heterocycles. The van der Waals surface area contributed by atoms with Crippen molar-refractivity contribution in [1.29, 1.82) is 0 Å². The topological polar surface area (TPSA) is 43.1 Å². The third-order valence-corrected chi connectivity index (χ3v) is 1.95. The van der Waals surface area contributed by atoms with Crippen molar-refractivity contribution < 1.29 is 4.79 Å². The monoisotopic (exact) mass is 163 g/mol. The summed E-state index contributed by atoms with van der Waals surface area (Å²) in [6, 6.07) is 5.53. The van der Waals surface area contributed by atoms with Crippen molar-refractivity contribution in [2.45, 2.75) is 20.3 Å². The number of anilines is 1. The molecule has 0 aromatic heterocycles. The third-order valence-electron chi connectivity index (χ3n) is 1.95. The summed E-state index contributed by atoms with van der Waals surface area (Å²) in [5.41, 5.74) is 7.97. The molecule has 0 aliphatic carbocycles. The van der Waals surface area contributed by atoms with Crippen molar-refractivity contribution in [2.75, 3.05) is 5.73 Å². The molecule has 0 aliphatic rings. The fourth-order valence-corrected chi connectivity index (χ4v) is 1.11. The summed E-state index contributed by atoms with van der Waals surface area (Å²) >= 11 is 0. The van der Waals surface area contributed by atoms with Crippen LogP contribution in [0.25, 0.3) is 0 Å². The lowest BCUT2D eigenvalue weighted by atomic mass is 10.0. The highest BCUT2D eigenvalue weighted by molar-refractivity contribution is 6.01. The van der Waals surface area contributed by atoms with E-state index in [2.05, 4.69) is 0 Å². The maximum atomic E-state index is 11.3. The Bertz CT molecular complexity index is 305. The average Bonchev–Trinajstić information content (AvgIpc) is 2.08. The zero-order valence-electron chi connectivity index (χ0n) is 7.42. The maximum Gasteiger partial charge on any atom is 0.164 e. The van der Waals surface area contributed by atoms with Gasteiger partial charge in [-0.15, -0.1) is 0 Å². The van der Waals surface area contributed by atoms with Gasteiger partial charge in [-0.3, -0.25) is 4.79 Å². The van der Waals surface area contributed by atoms with Crippen LogP contribution >= 0.6 is 0 Å². The number of carbonyl (C=O) groups is 1. The molecule has 0 spiro atoms. The highest BCUT2D eigenvalue weighted by Gasteiger charge is 2.07. The summed E-state index contributed by atoms with van der Waals surface area (Å²) in [5, 5.41) is 0. The van der Waals surface area contributed by atoms with Gasteiger partial charge >= 0.3 is 0 Å². The summed E-state index contributed by atoms with van der Waals surface area (Å²) in [5.74, 6) is 0.108. The van der Waals surface area contributed by atoms with Gasteiger partial charge in [0.1, 0.15) is 0 Å². The highest BCUT2D eigenvalue weighted by Crippen LogP contribution is 2.17. The molecule has 0 atom stereocenters. The molecule has 1 aromatic rings. The van der Waals surface area contributed by atoms with Crippen molar-refractivity contribution in [1.82, 2.24) is 0 Å². The van der Waals surface area contributed by atoms with Crippen LogP contribution in [0.4, 0.5) is 5.69 Å². The number of nitrogen functional groups attached to an aromatic ring is 1. The van der Waals surface area contributed by atoms with Crippen LogP contribution in [0.2, 0.25) is 0 Å². The number of benzene rings is 1. The molecular weight excluding hydrogens is 150 g/mol. The summed E-state index contributed by atoms with van der Waals surface area (Å²) in [4.78, 5) is 11.3. The van der Waals surface area contributed by atoms with E-state index in [-0.39, 0.29) is 5.78 Å². The number of Topliss-reactive ketones (excluding diaryl/α,β-unsaturated/α-hetero) is 1. The number of ketones is 1. The van der Waals surface area contributed by atoms with Gasteiger partial charge in [0.15, 0.2) is 5.78 Å². The van der Waals surface area contributed by atoms with Gasteiger partial charge in [-0.2, -0.15) is 0 Å². The van der Waals surface area contributed by atoms with Crippen LogP contribution in [0.5, 0.6) is 0 Å². The van der Waals surface area contributed by atoms with Gasteiger partial charge in [0.25, 0.3) is 0 Å². The van der Waals surface area contributed by atoms with Crippen LogP contribution in [0, 0.1) is 6.92 Å². The van der Waals surface area contributed by atoms with Gasteiger partial charge < -0.3 is 5.73 Å². The van der Waals surface area contributed by atoms with Gasteiger partial charge in [-0.05, 0) is 18.6 Å². The van der Waals surface area contributed by atoms with E-state index >= 15 is 0 Å². The number of para-hydroxylation sites is 1. The minimum Gasteiger partial charge on any atom is -0.398 e. The number of rotatable bonds is 2. The molecule has 2 heteroatoms. The first-order valence-electron chi connectivity index (χ1n) is 4.05. The second kappa shape index (κ2) is 3.39. The summed E-state index contributed by atoms with van der Waals surface area (Å²) in [7, 11) is 0. The normalized spacial score (nSPS) is 9.83. The van der Waals surface area contributed by atoms with Gasteiger partial charge in [0, 0.05) is 17.7 Å². The number of nitrogens with two attached hydrogens (primary N) is 1. The van der Waals surface area contributed by atoms with Crippen LogP contribution in [-0.4, -0.2) is 5.78 Å². The fourth-order valence-electron chi connectivity index (χ4n) is 1.11. The minimum absolute atomic E-state index is 0.108. The van der Waals surface area contributed by atoms with Crippen LogP contribution in [0.15, 0.2) is 18.2 Å². The van der Waals surface area contributed by atoms with E-state index in [1.165, 1.54) is 0 Å². The van der Waals surface area contributed by atoms with Crippen molar-refractivity contribution in [2.24, 2.45) is 0 Å². The molecule has 0 saturated heterocycles. The van der Waals surface area contributed by atoms with Crippen LogP contribution in [-0.2, 0) is 0 Å². The molecule has 0 unspecified atom stereocenters. The lowest BCUT2D eigenvalue weighted by molar-refractivity contribution is 0.0989.